The van der Waals surface area contributed by atoms with E-state index >= 15 is 0 Å². The third-order valence-corrected chi connectivity index (χ3v) is 1.05. The van der Waals surface area contributed by atoms with Crippen LogP contribution >= 0.6 is 0 Å². The first-order valence-electron chi connectivity index (χ1n) is 4.36. The monoisotopic (exact) mass is 171 g/mol. The second-order valence-corrected chi connectivity index (χ2v) is 5.06. The van der Waals surface area contributed by atoms with Crippen LogP contribution in [-0.4, -0.2) is 18.5 Å². The fourth-order valence-corrected chi connectivity index (χ4v) is 0.542. The molecule has 0 bridgehead atoms. The van der Waals surface area contributed by atoms with E-state index in [-0.39, 0.29) is 11.0 Å². The Morgan fingerprint density at radius 3 is 1.92 bits per heavy atom. The maximum Gasteiger partial charge on any atom is 0.137 e. The van der Waals surface area contributed by atoms with Gasteiger partial charge >= 0.3 is 0 Å². The highest BCUT2D eigenvalue weighted by Gasteiger charge is 2.09. The highest BCUT2D eigenvalue weighted by molar-refractivity contribution is 5.63. The van der Waals surface area contributed by atoms with Crippen molar-refractivity contribution in [2.75, 3.05) is 6.73 Å². The summed E-state index contributed by atoms with van der Waals surface area (Å²) in [6, 6.07) is 0. The number of aliphatic imine (C=N–C) groups is 1. The summed E-state index contributed by atoms with van der Waals surface area (Å²) in [5.41, 5.74) is 0.0659. The van der Waals surface area contributed by atoms with Crippen LogP contribution in [0, 0.1) is 5.41 Å². The Balaban J connectivity index is 3.64. The van der Waals surface area contributed by atoms with E-state index in [4.69, 9.17) is 4.74 Å². The SMILES string of the molecule is CC(C)(C)C=NCOC(C)(C)C. The molecule has 72 valence electrons. The molecule has 0 aliphatic rings. The van der Waals surface area contributed by atoms with E-state index in [1.54, 1.807) is 0 Å². The number of rotatable bonds is 2. The molecule has 0 N–H and O–H groups in total. The topological polar surface area (TPSA) is 21.6 Å². The van der Waals surface area contributed by atoms with E-state index in [0.29, 0.717) is 6.73 Å². The van der Waals surface area contributed by atoms with Gasteiger partial charge in [-0.3, -0.25) is 4.99 Å². The lowest BCUT2D eigenvalue weighted by Gasteiger charge is -2.18. The highest BCUT2D eigenvalue weighted by Crippen LogP contribution is 2.09. The third kappa shape index (κ3) is 9.63. The minimum Gasteiger partial charge on any atom is -0.354 e. The molecule has 0 spiro atoms. The molecule has 0 fully saturated rings. The van der Waals surface area contributed by atoms with Crippen LogP contribution in [0.15, 0.2) is 4.99 Å². The zero-order valence-electron chi connectivity index (χ0n) is 9.14. The number of ether oxygens (including phenoxy) is 1. The van der Waals surface area contributed by atoms with Crippen molar-refractivity contribution in [2.45, 2.75) is 47.1 Å². The van der Waals surface area contributed by atoms with E-state index in [1.165, 1.54) is 0 Å². The Bertz CT molecular complexity index is 148. The fraction of sp³-hybridized carbons (Fsp3) is 0.900. The van der Waals surface area contributed by atoms with Gasteiger partial charge in [0, 0.05) is 6.21 Å². The van der Waals surface area contributed by atoms with E-state index in [0.717, 1.165) is 0 Å². The minimum absolute atomic E-state index is 0.0881. The molecule has 0 heterocycles. The number of hydrogen-bond acceptors (Lipinski definition) is 2. The standard InChI is InChI=1S/C10H21NO/c1-9(2,3)7-11-8-12-10(4,5)6/h7H,8H2,1-6H3. The van der Waals surface area contributed by atoms with Crippen LogP contribution < -0.4 is 0 Å². The highest BCUT2D eigenvalue weighted by atomic mass is 16.5. The van der Waals surface area contributed by atoms with Crippen molar-refractivity contribution in [1.29, 1.82) is 0 Å². The number of hydrogen-bond donors (Lipinski definition) is 0. The molecule has 0 aromatic heterocycles. The van der Waals surface area contributed by atoms with Gasteiger partial charge in [0.15, 0.2) is 0 Å². The molecule has 2 nitrogen and oxygen atoms in total. The van der Waals surface area contributed by atoms with Gasteiger partial charge in [-0.1, -0.05) is 20.8 Å². The van der Waals surface area contributed by atoms with Gasteiger partial charge in [0.05, 0.1) is 5.60 Å². The minimum atomic E-state index is -0.0881. The van der Waals surface area contributed by atoms with E-state index in [2.05, 4.69) is 25.8 Å². The molecule has 0 amide bonds. The summed E-state index contributed by atoms with van der Waals surface area (Å²) in [5.74, 6) is 0. The molecular weight excluding hydrogens is 150 g/mol. The molecule has 2 heteroatoms. The van der Waals surface area contributed by atoms with Gasteiger partial charge in [0.1, 0.15) is 6.73 Å². The second kappa shape index (κ2) is 4.04. The van der Waals surface area contributed by atoms with Gasteiger partial charge in [-0.2, -0.15) is 0 Å². The van der Waals surface area contributed by atoms with E-state index in [9.17, 15) is 0 Å². The fourth-order valence-electron chi connectivity index (χ4n) is 0.542. The van der Waals surface area contributed by atoms with Gasteiger partial charge in [-0.15, -0.1) is 0 Å². The molecule has 0 saturated heterocycles. The quantitative estimate of drug-likeness (QED) is 0.585. The Morgan fingerprint density at radius 1 is 1.08 bits per heavy atom. The summed E-state index contributed by atoms with van der Waals surface area (Å²) in [6.45, 7) is 12.9. The molecule has 0 radical (unpaired) electrons. The molecule has 0 aliphatic heterocycles. The van der Waals surface area contributed by atoms with Crippen molar-refractivity contribution in [3.8, 4) is 0 Å². The van der Waals surface area contributed by atoms with Crippen LogP contribution in [0.4, 0.5) is 0 Å². The van der Waals surface area contributed by atoms with Crippen LogP contribution in [0.25, 0.3) is 0 Å². The summed E-state index contributed by atoms with van der Waals surface area (Å²) < 4.78 is 5.43. The van der Waals surface area contributed by atoms with E-state index in [1.807, 2.05) is 27.0 Å². The smallest absolute Gasteiger partial charge is 0.137 e. The molecule has 0 unspecified atom stereocenters. The molecule has 0 aromatic rings. The lowest BCUT2D eigenvalue weighted by Crippen LogP contribution is -2.19. The maximum absolute atomic E-state index is 5.43. The van der Waals surface area contributed by atoms with Gasteiger partial charge in [-0.05, 0) is 26.2 Å². The molecule has 0 aliphatic carbocycles. The zero-order valence-corrected chi connectivity index (χ0v) is 9.14. The summed E-state index contributed by atoms with van der Waals surface area (Å²) in [4.78, 5) is 4.18. The summed E-state index contributed by atoms with van der Waals surface area (Å²) >= 11 is 0. The summed E-state index contributed by atoms with van der Waals surface area (Å²) in [6.07, 6.45) is 1.93. The van der Waals surface area contributed by atoms with Crippen molar-refractivity contribution in [3.05, 3.63) is 0 Å². The molecular formula is C10H21NO. The average Bonchev–Trinajstić information content (AvgIpc) is 1.76. The molecule has 0 aromatic carbocycles. The predicted octanol–water partition coefficient (Wildman–Crippen LogP) is 2.88. The Morgan fingerprint density at radius 2 is 1.58 bits per heavy atom. The van der Waals surface area contributed by atoms with Gasteiger partial charge in [-0.25, -0.2) is 0 Å². The van der Waals surface area contributed by atoms with Crippen molar-refractivity contribution in [1.82, 2.24) is 0 Å². The predicted molar refractivity (Wildman–Crippen MR) is 53.7 cm³/mol. The first-order chi connectivity index (χ1) is 5.21. The van der Waals surface area contributed by atoms with Gasteiger partial charge in [0.2, 0.25) is 0 Å². The normalized spacial score (nSPS) is 14.2. The first kappa shape index (κ1) is 11.6. The Labute approximate surface area is 76.0 Å². The lowest BCUT2D eigenvalue weighted by atomic mass is 9.99. The molecule has 0 atom stereocenters. The van der Waals surface area contributed by atoms with E-state index < -0.39 is 0 Å². The van der Waals surface area contributed by atoms with Crippen molar-refractivity contribution in [2.24, 2.45) is 10.4 Å². The third-order valence-electron chi connectivity index (χ3n) is 1.05. The molecule has 0 rings (SSSR count). The van der Waals surface area contributed by atoms with Gasteiger partial charge in [0.25, 0.3) is 0 Å². The molecule has 12 heavy (non-hydrogen) atoms. The van der Waals surface area contributed by atoms with Crippen LogP contribution in [0.1, 0.15) is 41.5 Å². The zero-order chi connectivity index (χ0) is 9.83. The Hall–Kier alpha value is -0.370. The van der Waals surface area contributed by atoms with Crippen molar-refractivity contribution in [3.63, 3.8) is 0 Å². The van der Waals surface area contributed by atoms with Crippen LogP contribution in [-0.2, 0) is 4.74 Å². The first-order valence-corrected chi connectivity index (χ1v) is 4.36. The average molecular weight is 171 g/mol. The van der Waals surface area contributed by atoms with Crippen LogP contribution in [0.5, 0.6) is 0 Å². The lowest BCUT2D eigenvalue weighted by molar-refractivity contribution is 0.00195. The summed E-state index contributed by atoms with van der Waals surface area (Å²) in [5, 5.41) is 0. The summed E-state index contributed by atoms with van der Waals surface area (Å²) in [7, 11) is 0. The van der Waals surface area contributed by atoms with Crippen molar-refractivity contribution >= 4 is 6.21 Å². The van der Waals surface area contributed by atoms with Crippen LogP contribution in [0.3, 0.4) is 0 Å². The largest absolute Gasteiger partial charge is 0.354 e. The maximum atomic E-state index is 5.43. The van der Waals surface area contributed by atoms with Crippen molar-refractivity contribution < 1.29 is 4.74 Å². The van der Waals surface area contributed by atoms with Gasteiger partial charge < -0.3 is 4.74 Å². The second-order valence-electron chi connectivity index (χ2n) is 5.06. The Kier molecular flexibility index (Phi) is 3.91. The van der Waals surface area contributed by atoms with Crippen LogP contribution in [0.2, 0.25) is 0 Å². The molecule has 0 saturated carbocycles. The number of nitrogens with zero attached hydrogens (tertiary/aromatic N) is 1.